The van der Waals surface area contributed by atoms with Crippen molar-refractivity contribution in [3.05, 3.63) is 35.9 Å². The normalized spacial score (nSPS) is 7.50. The molecule has 0 aliphatic heterocycles. The zero-order valence-electron chi connectivity index (χ0n) is 6.38. The van der Waals surface area contributed by atoms with E-state index in [1.165, 1.54) is 0 Å². The van der Waals surface area contributed by atoms with E-state index in [1.54, 1.807) is 0 Å². The van der Waals surface area contributed by atoms with Crippen LogP contribution in [0.1, 0.15) is 5.56 Å². The maximum absolute atomic E-state index is 7.17. The zero-order valence-corrected chi connectivity index (χ0v) is 6.38. The van der Waals surface area contributed by atoms with Gasteiger partial charge in [0, 0.05) is 5.56 Å². The molecule has 1 aromatic rings. The summed E-state index contributed by atoms with van der Waals surface area (Å²) in [5.74, 6) is 2.53. The van der Waals surface area contributed by atoms with Crippen LogP contribution in [-0.2, 0) is 0 Å². The first-order chi connectivity index (χ1) is 5.66. The Bertz CT molecular complexity index is 237. The fraction of sp³-hybridized carbons (Fsp3) is 0. The van der Waals surface area contributed by atoms with Crippen molar-refractivity contribution in [3.63, 3.8) is 0 Å². The lowest BCUT2D eigenvalue weighted by atomic mass is 10.2. The molecule has 0 saturated carbocycles. The van der Waals surface area contributed by atoms with E-state index in [4.69, 9.17) is 21.5 Å². The van der Waals surface area contributed by atoms with Crippen LogP contribution < -0.4 is 0 Å². The molecule has 0 aliphatic rings. The van der Waals surface area contributed by atoms with E-state index in [0.717, 1.165) is 5.56 Å². The zero-order chi connectivity index (χ0) is 9.40. The molecule has 62 valence electrons. The first kappa shape index (κ1) is 10.7. The van der Waals surface area contributed by atoms with Crippen molar-refractivity contribution < 1.29 is 15.1 Å². The van der Waals surface area contributed by atoms with E-state index < -0.39 is 7.32 Å². The lowest BCUT2D eigenvalue weighted by Gasteiger charge is -1.82. The molecule has 0 amide bonds. The SMILES string of the molecule is C#Cc1ccccc1.OB(O)O. The van der Waals surface area contributed by atoms with Gasteiger partial charge >= 0.3 is 7.32 Å². The van der Waals surface area contributed by atoms with Crippen LogP contribution in [0.4, 0.5) is 0 Å². The highest BCUT2D eigenvalue weighted by molar-refractivity contribution is 6.30. The van der Waals surface area contributed by atoms with Gasteiger partial charge in [-0.2, -0.15) is 0 Å². The van der Waals surface area contributed by atoms with Crippen LogP contribution in [0, 0.1) is 12.3 Å². The Labute approximate surface area is 71.5 Å². The smallest absolute Gasteiger partial charge is 0.402 e. The molecule has 3 N–H and O–H groups in total. The topological polar surface area (TPSA) is 60.7 Å². The molecule has 12 heavy (non-hydrogen) atoms. The third kappa shape index (κ3) is 6.84. The molecule has 4 heteroatoms. The van der Waals surface area contributed by atoms with Gasteiger partial charge in [0.2, 0.25) is 0 Å². The number of terminal acetylenes is 1. The second kappa shape index (κ2) is 6.44. The molecule has 1 rings (SSSR count). The van der Waals surface area contributed by atoms with Gasteiger partial charge < -0.3 is 15.1 Å². The van der Waals surface area contributed by atoms with Crippen LogP contribution in [0.15, 0.2) is 30.3 Å². The van der Waals surface area contributed by atoms with Crippen molar-refractivity contribution in [1.29, 1.82) is 0 Å². The van der Waals surface area contributed by atoms with Crippen molar-refractivity contribution in [2.75, 3.05) is 0 Å². The van der Waals surface area contributed by atoms with Gasteiger partial charge in [-0.3, -0.25) is 0 Å². The Morgan fingerprint density at radius 1 is 1.08 bits per heavy atom. The Balaban J connectivity index is 0.000000261. The van der Waals surface area contributed by atoms with Crippen molar-refractivity contribution >= 4 is 7.32 Å². The predicted molar refractivity (Wildman–Crippen MR) is 46.8 cm³/mol. The summed E-state index contributed by atoms with van der Waals surface area (Å²) in [7, 11) is -2.17. The van der Waals surface area contributed by atoms with Crippen molar-refractivity contribution in [3.8, 4) is 12.3 Å². The minimum Gasteiger partial charge on any atom is -0.402 e. The summed E-state index contributed by atoms with van der Waals surface area (Å²) in [5, 5.41) is 21.5. The molecular weight excluding hydrogens is 155 g/mol. The number of hydrogen-bond donors (Lipinski definition) is 3. The van der Waals surface area contributed by atoms with E-state index >= 15 is 0 Å². The predicted octanol–water partition coefficient (Wildman–Crippen LogP) is -0.384. The number of benzene rings is 1. The van der Waals surface area contributed by atoms with Gasteiger partial charge in [0.15, 0.2) is 0 Å². The highest BCUT2D eigenvalue weighted by Gasteiger charge is 1.92. The van der Waals surface area contributed by atoms with Gasteiger partial charge in [0.25, 0.3) is 0 Å². The molecule has 0 unspecified atom stereocenters. The van der Waals surface area contributed by atoms with Gasteiger partial charge in [0.05, 0.1) is 0 Å². The maximum Gasteiger partial charge on any atom is 0.631 e. The van der Waals surface area contributed by atoms with E-state index in [9.17, 15) is 0 Å². The van der Waals surface area contributed by atoms with Crippen LogP contribution >= 0.6 is 0 Å². The minimum absolute atomic E-state index is 0.938. The Hall–Kier alpha value is -1.28. The first-order valence-electron chi connectivity index (χ1n) is 3.22. The van der Waals surface area contributed by atoms with E-state index in [1.807, 2.05) is 30.3 Å². The average molecular weight is 164 g/mol. The van der Waals surface area contributed by atoms with Crippen LogP contribution in [0.25, 0.3) is 0 Å². The molecule has 0 saturated heterocycles. The summed E-state index contributed by atoms with van der Waals surface area (Å²) < 4.78 is 0. The summed E-state index contributed by atoms with van der Waals surface area (Å²) in [6, 6.07) is 9.60. The van der Waals surface area contributed by atoms with Gasteiger partial charge in [-0.05, 0) is 12.1 Å². The lowest BCUT2D eigenvalue weighted by molar-refractivity contribution is 0.278. The van der Waals surface area contributed by atoms with Gasteiger partial charge in [-0.25, -0.2) is 0 Å². The summed E-state index contributed by atoms with van der Waals surface area (Å²) in [4.78, 5) is 0. The van der Waals surface area contributed by atoms with E-state index in [2.05, 4.69) is 5.92 Å². The largest absolute Gasteiger partial charge is 0.631 e. The molecule has 0 atom stereocenters. The monoisotopic (exact) mass is 164 g/mol. The summed E-state index contributed by atoms with van der Waals surface area (Å²) in [5.41, 5.74) is 0.938. The number of rotatable bonds is 0. The van der Waals surface area contributed by atoms with E-state index in [-0.39, 0.29) is 0 Å². The third-order valence-electron chi connectivity index (χ3n) is 0.940. The molecule has 0 fully saturated rings. The van der Waals surface area contributed by atoms with Crippen molar-refractivity contribution in [1.82, 2.24) is 0 Å². The summed E-state index contributed by atoms with van der Waals surface area (Å²) in [6.07, 6.45) is 5.10. The second-order valence-electron chi connectivity index (χ2n) is 1.86. The summed E-state index contributed by atoms with van der Waals surface area (Å²) in [6.45, 7) is 0. The molecule has 0 bridgehead atoms. The standard InChI is InChI=1S/C8H6.BH3O3/c1-2-8-6-4-3-5-7-8;2-1(3)4/h1,3-7H;2-4H. The Morgan fingerprint density at radius 2 is 1.50 bits per heavy atom. The fourth-order valence-corrected chi connectivity index (χ4v) is 0.534. The quantitative estimate of drug-likeness (QED) is 0.361. The Kier molecular flexibility index (Phi) is 5.75. The molecule has 0 spiro atoms. The molecular formula is C8H9BO3. The van der Waals surface area contributed by atoms with Crippen LogP contribution in [-0.4, -0.2) is 22.4 Å². The Morgan fingerprint density at radius 3 is 1.75 bits per heavy atom. The highest BCUT2D eigenvalue weighted by atomic mass is 16.5. The van der Waals surface area contributed by atoms with Crippen LogP contribution in [0.3, 0.4) is 0 Å². The van der Waals surface area contributed by atoms with Crippen LogP contribution in [0.2, 0.25) is 0 Å². The average Bonchev–Trinajstić information content (AvgIpc) is 2.05. The van der Waals surface area contributed by atoms with Gasteiger partial charge in [-0.1, -0.05) is 24.1 Å². The molecule has 0 radical (unpaired) electrons. The molecule has 3 nitrogen and oxygen atoms in total. The van der Waals surface area contributed by atoms with Crippen LogP contribution in [0.5, 0.6) is 0 Å². The molecule has 0 aliphatic carbocycles. The highest BCUT2D eigenvalue weighted by Crippen LogP contribution is 1.92. The fourth-order valence-electron chi connectivity index (χ4n) is 0.534. The molecule has 0 aromatic heterocycles. The van der Waals surface area contributed by atoms with Crippen molar-refractivity contribution in [2.24, 2.45) is 0 Å². The van der Waals surface area contributed by atoms with Gasteiger partial charge in [0.1, 0.15) is 0 Å². The number of hydrogen-bond acceptors (Lipinski definition) is 3. The molecule has 0 heterocycles. The first-order valence-corrected chi connectivity index (χ1v) is 3.22. The second-order valence-corrected chi connectivity index (χ2v) is 1.86. The van der Waals surface area contributed by atoms with Gasteiger partial charge in [-0.15, -0.1) is 6.42 Å². The van der Waals surface area contributed by atoms with Crippen molar-refractivity contribution in [2.45, 2.75) is 0 Å². The molecule has 1 aromatic carbocycles. The maximum atomic E-state index is 7.17. The lowest BCUT2D eigenvalue weighted by Crippen LogP contribution is -2.07. The summed E-state index contributed by atoms with van der Waals surface area (Å²) >= 11 is 0. The minimum atomic E-state index is -2.17. The third-order valence-corrected chi connectivity index (χ3v) is 0.940. The van der Waals surface area contributed by atoms with E-state index in [0.29, 0.717) is 0 Å².